The van der Waals surface area contributed by atoms with Crippen molar-refractivity contribution in [2.45, 2.75) is 0 Å². The Morgan fingerprint density at radius 3 is 2.89 bits per heavy atom. The van der Waals surface area contributed by atoms with Crippen LogP contribution in [0, 0.1) is 5.82 Å². The van der Waals surface area contributed by atoms with Crippen molar-refractivity contribution in [2.24, 2.45) is 7.05 Å². The Hall–Kier alpha value is -2.70. The molecule has 1 aromatic carbocycles. The van der Waals surface area contributed by atoms with Crippen molar-refractivity contribution in [2.75, 3.05) is 5.73 Å². The molecule has 0 saturated heterocycles. The van der Waals surface area contributed by atoms with Gasteiger partial charge in [0.2, 0.25) is 0 Å². The lowest BCUT2D eigenvalue weighted by atomic mass is 10.1. The molecule has 19 heavy (non-hydrogen) atoms. The molecule has 0 bridgehead atoms. The molecule has 3 rings (SSSR count). The van der Waals surface area contributed by atoms with E-state index in [1.807, 2.05) is 0 Å². The van der Waals surface area contributed by atoms with Gasteiger partial charge in [-0.15, -0.1) is 0 Å². The number of nitrogens with two attached hydrogens (primary N) is 1. The predicted octanol–water partition coefficient (Wildman–Crippen LogP) is 1.46. The molecule has 0 fully saturated rings. The number of aromatic hydroxyl groups is 1. The van der Waals surface area contributed by atoms with Crippen molar-refractivity contribution in [3.8, 4) is 17.0 Å². The maximum absolute atomic E-state index is 13.9. The van der Waals surface area contributed by atoms with Crippen LogP contribution >= 0.6 is 0 Å². The van der Waals surface area contributed by atoms with Gasteiger partial charge in [0.1, 0.15) is 29.4 Å². The van der Waals surface area contributed by atoms with Crippen LogP contribution in [0.1, 0.15) is 0 Å². The van der Waals surface area contributed by atoms with E-state index < -0.39 is 5.82 Å². The van der Waals surface area contributed by atoms with Gasteiger partial charge in [0, 0.05) is 12.6 Å². The van der Waals surface area contributed by atoms with Gasteiger partial charge in [-0.2, -0.15) is 5.10 Å². The number of nitrogen functional groups attached to an aromatic ring is 1. The fourth-order valence-electron chi connectivity index (χ4n) is 1.99. The van der Waals surface area contributed by atoms with Gasteiger partial charge in [-0.3, -0.25) is 0 Å². The van der Waals surface area contributed by atoms with Gasteiger partial charge >= 0.3 is 0 Å². The van der Waals surface area contributed by atoms with Crippen molar-refractivity contribution in [3.05, 3.63) is 30.3 Å². The fraction of sp³-hybridized carbons (Fsp3) is 0.0833. The first kappa shape index (κ1) is 11.4. The van der Waals surface area contributed by atoms with Crippen molar-refractivity contribution < 1.29 is 9.50 Å². The number of fused-ring (bicyclic) bond motifs is 1. The van der Waals surface area contributed by atoms with Gasteiger partial charge in [-0.25, -0.2) is 19.0 Å². The van der Waals surface area contributed by atoms with Gasteiger partial charge in [0.05, 0.1) is 5.39 Å². The van der Waals surface area contributed by atoms with Gasteiger partial charge in [0.25, 0.3) is 0 Å². The number of halogens is 1. The summed E-state index contributed by atoms with van der Waals surface area (Å²) >= 11 is 0. The maximum atomic E-state index is 13.9. The Bertz CT molecular complexity index is 783. The summed E-state index contributed by atoms with van der Waals surface area (Å²) in [6.07, 6.45) is 1.32. The molecule has 0 amide bonds. The molecule has 0 aliphatic rings. The molecule has 0 aliphatic carbocycles. The van der Waals surface area contributed by atoms with Crippen molar-refractivity contribution in [1.29, 1.82) is 0 Å². The Morgan fingerprint density at radius 1 is 1.32 bits per heavy atom. The zero-order chi connectivity index (χ0) is 13.6. The van der Waals surface area contributed by atoms with Crippen molar-refractivity contribution in [3.63, 3.8) is 0 Å². The summed E-state index contributed by atoms with van der Waals surface area (Å²) in [6, 6.07) is 3.73. The first-order valence-corrected chi connectivity index (χ1v) is 5.50. The van der Waals surface area contributed by atoms with Gasteiger partial charge < -0.3 is 10.8 Å². The summed E-state index contributed by atoms with van der Waals surface area (Å²) < 4.78 is 15.4. The van der Waals surface area contributed by atoms with Crippen LogP contribution in [-0.4, -0.2) is 24.9 Å². The molecule has 7 heteroatoms. The highest BCUT2D eigenvalue weighted by molar-refractivity contribution is 5.98. The number of nitrogens with zero attached hydrogens (tertiary/aromatic N) is 4. The highest BCUT2D eigenvalue weighted by atomic mass is 19.1. The first-order valence-electron chi connectivity index (χ1n) is 5.50. The lowest BCUT2D eigenvalue weighted by molar-refractivity contribution is 0.473. The maximum Gasteiger partial charge on any atom is 0.163 e. The van der Waals surface area contributed by atoms with Crippen molar-refractivity contribution in [1.82, 2.24) is 19.7 Å². The molecule has 2 heterocycles. The molecule has 3 aromatic rings. The van der Waals surface area contributed by atoms with Crippen LogP contribution in [0.5, 0.6) is 5.75 Å². The minimum absolute atomic E-state index is 0.0503. The molecule has 0 saturated carbocycles. The smallest absolute Gasteiger partial charge is 0.163 e. The van der Waals surface area contributed by atoms with Crippen LogP contribution in [0.25, 0.3) is 22.3 Å². The number of hydrogen-bond acceptors (Lipinski definition) is 5. The molecule has 6 nitrogen and oxygen atoms in total. The molecule has 2 aromatic heterocycles. The van der Waals surface area contributed by atoms with E-state index in [0.717, 1.165) is 0 Å². The average Bonchev–Trinajstić information content (AvgIpc) is 2.72. The number of anilines is 1. The Labute approximate surface area is 107 Å². The second-order valence-electron chi connectivity index (χ2n) is 4.09. The lowest BCUT2D eigenvalue weighted by Gasteiger charge is -2.02. The number of aromatic nitrogens is 4. The zero-order valence-electron chi connectivity index (χ0n) is 10.0. The second-order valence-corrected chi connectivity index (χ2v) is 4.09. The molecule has 3 N–H and O–H groups in total. The summed E-state index contributed by atoms with van der Waals surface area (Å²) in [5.74, 6) is -0.331. The first-order chi connectivity index (χ1) is 9.08. The summed E-state index contributed by atoms with van der Waals surface area (Å²) in [7, 11) is 1.68. The quantitative estimate of drug-likeness (QED) is 0.690. The van der Waals surface area contributed by atoms with Crippen LogP contribution in [-0.2, 0) is 7.05 Å². The van der Waals surface area contributed by atoms with Gasteiger partial charge in [0.15, 0.2) is 5.65 Å². The third kappa shape index (κ3) is 1.67. The predicted molar refractivity (Wildman–Crippen MR) is 67.8 cm³/mol. The van der Waals surface area contributed by atoms with Crippen LogP contribution in [0.15, 0.2) is 24.5 Å². The summed E-state index contributed by atoms with van der Waals surface area (Å²) in [5, 5.41) is 14.2. The summed E-state index contributed by atoms with van der Waals surface area (Å²) in [5.41, 5.74) is 6.78. The molecule has 0 atom stereocenters. The second kappa shape index (κ2) is 3.91. The van der Waals surface area contributed by atoms with Crippen LogP contribution < -0.4 is 5.73 Å². The molecule has 96 valence electrons. The van der Waals surface area contributed by atoms with Gasteiger partial charge in [-0.1, -0.05) is 0 Å². The number of aryl methyl sites for hydroxylation is 1. The Balaban J connectivity index is 2.40. The molecule has 0 unspecified atom stereocenters. The largest absolute Gasteiger partial charge is 0.508 e. The van der Waals surface area contributed by atoms with Gasteiger partial charge in [-0.05, 0) is 18.2 Å². The van der Waals surface area contributed by atoms with Crippen LogP contribution in [0.4, 0.5) is 10.2 Å². The van der Waals surface area contributed by atoms with Crippen LogP contribution in [0.3, 0.4) is 0 Å². The molecule has 0 radical (unpaired) electrons. The monoisotopic (exact) mass is 259 g/mol. The number of benzene rings is 1. The number of hydrogen-bond donors (Lipinski definition) is 2. The minimum atomic E-state index is -0.499. The lowest BCUT2D eigenvalue weighted by Crippen LogP contribution is -1.95. The van der Waals surface area contributed by atoms with E-state index in [1.165, 1.54) is 29.2 Å². The van der Waals surface area contributed by atoms with E-state index in [9.17, 15) is 9.50 Å². The Morgan fingerprint density at radius 2 is 2.11 bits per heavy atom. The number of phenols is 1. The zero-order valence-corrected chi connectivity index (χ0v) is 10.0. The number of rotatable bonds is 1. The summed E-state index contributed by atoms with van der Waals surface area (Å²) in [4.78, 5) is 7.95. The van der Waals surface area contributed by atoms with E-state index >= 15 is 0 Å². The SMILES string of the molecule is Cn1nc(-c2cc(O)ccc2F)c2c(N)ncnc21. The summed E-state index contributed by atoms with van der Waals surface area (Å²) in [6.45, 7) is 0. The normalized spacial score (nSPS) is 11.1. The van der Waals surface area contributed by atoms with E-state index in [0.29, 0.717) is 16.7 Å². The minimum Gasteiger partial charge on any atom is -0.508 e. The average molecular weight is 259 g/mol. The topological polar surface area (TPSA) is 89.8 Å². The molecular formula is C12H10FN5O. The Kier molecular flexibility index (Phi) is 2.34. The highest BCUT2D eigenvalue weighted by Crippen LogP contribution is 2.32. The third-order valence-electron chi connectivity index (χ3n) is 2.85. The number of phenolic OH excluding ortho intramolecular Hbond substituents is 1. The van der Waals surface area contributed by atoms with E-state index in [1.54, 1.807) is 7.05 Å². The van der Waals surface area contributed by atoms with Crippen molar-refractivity contribution >= 4 is 16.9 Å². The van der Waals surface area contributed by atoms with E-state index in [2.05, 4.69) is 15.1 Å². The highest BCUT2D eigenvalue weighted by Gasteiger charge is 2.18. The molecule has 0 aliphatic heterocycles. The molecular weight excluding hydrogens is 249 g/mol. The van der Waals surface area contributed by atoms with Crippen LogP contribution in [0.2, 0.25) is 0 Å². The molecule has 0 spiro atoms. The fourth-order valence-corrected chi connectivity index (χ4v) is 1.99. The van der Waals surface area contributed by atoms with E-state index in [4.69, 9.17) is 5.73 Å². The standard InChI is InChI=1S/C12H10FN5O/c1-18-12-9(11(14)15-5-16-12)10(17-18)7-4-6(19)2-3-8(7)13/h2-5,19H,1H3,(H2,14,15,16). The third-order valence-corrected chi connectivity index (χ3v) is 2.85. The van der Waals surface area contributed by atoms with E-state index in [-0.39, 0.29) is 17.1 Å².